The second kappa shape index (κ2) is 8.53. The largest absolute Gasteiger partial charge is 0.391 e. The lowest BCUT2D eigenvalue weighted by Crippen LogP contribution is -2.49. The van der Waals surface area contributed by atoms with E-state index in [-0.39, 0.29) is 12.0 Å². The molecule has 1 aromatic carbocycles. The molecule has 4 rings (SSSR count). The Morgan fingerprint density at radius 2 is 1.86 bits per heavy atom. The molecule has 0 spiro atoms. The molecule has 0 radical (unpaired) electrons. The molecule has 1 aromatic heterocycles. The summed E-state index contributed by atoms with van der Waals surface area (Å²) in [5, 5.41) is 12.7. The molecule has 8 nitrogen and oxygen atoms in total. The number of nitrogens with one attached hydrogen (secondary N) is 1. The van der Waals surface area contributed by atoms with E-state index < -0.39 is 0 Å². The molecule has 2 aliphatic rings. The summed E-state index contributed by atoms with van der Waals surface area (Å²) < 4.78 is 0. The average molecular weight is 382 g/mol. The number of aliphatic hydroxyl groups is 1. The number of β-amino-alcohol motifs (C(OH)–C–C–N with tert-alkyl or cyclic N) is 1. The van der Waals surface area contributed by atoms with E-state index in [9.17, 15) is 9.90 Å². The molecule has 0 saturated carbocycles. The van der Waals surface area contributed by atoms with Crippen molar-refractivity contribution < 1.29 is 9.90 Å². The maximum Gasteiger partial charge on any atom is 0.238 e. The molecule has 1 atom stereocenters. The van der Waals surface area contributed by atoms with Gasteiger partial charge < -0.3 is 20.2 Å². The second-order valence-electron chi connectivity index (χ2n) is 7.28. The van der Waals surface area contributed by atoms with Crippen LogP contribution in [0.25, 0.3) is 0 Å². The van der Waals surface area contributed by atoms with E-state index in [1.54, 1.807) is 6.20 Å². The van der Waals surface area contributed by atoms with Crippen LogP contribution < -0.4 is 15.1 Å². The van der Waals surface area contributed by atoms with Crippen LogP contribution in [0, 0.1) is 0 Å². The molecule has 28 heavy (non-hydrogen) atoms. The van der Waals surface area contributed by atoms with Crippen LogP contribution in [0.2, 0.25) is 0 Å². The van der Waals surface area contributed by atoms with E-state index in [4.69, 9.17) is 0 Å². The van der Waals surface area contributed by atoms with Crippen molar-refractivity contribution in [1.82, 2.24) is 14.9 Å². The molecule has 3 heterocycles. The van der Waals surface area contributed by atoms with Crippen LogP contribution in [0.3, 0.4) is 0 Å². The van der Waals surface area contributed by atoms with Crippen LogP contribution in [0.1, 0.15) is 6.42 Å². The van der Waals surface area contributed by atoms with Crippen LogP contribution >= 0.6 is 0 Å². The summed E-state index contributed by atoms with van der Waals surface area (Å²) in [7, 11) is 0. The van der Waals surface area contributed by atoms with Gasteiger partial charge in [0.15, 0.2) is 0 Å². The molecule has 2 fully saturated rings. The number of aromatic nitrogens is 2. The van der Waals surface area contributed by atoms with Gasteiger partial charge in [-0.1, -0.05) is 18.2 Å². The molecule has 1 unspecified atom stereocenters. The summed E-state index contributed by atoms with van der Waals surface area (Å²) in [5.74, 6) is 1.59. The Bertz CT molecular complexity index is 794. The summed E-state index contributed by atoms with van der Waals surface area (Å²) in [4.78, 5) is 27.7. The number of hydrogen-bond donors (Lipinski definition) is 2. The number of benzene rings is 1. The first-order valence-electron chi connectivity index (χ1n) is 9.75. The first-order chi connectivity index (χ1) is 13.7. The zero-order valence-electron chi connectivity index (χ0n) is 15.9. The smallest absolute Gasteiger partial charge is 0.238 e. The predicted octanol–water partition coefficient (Wildman–Crippen LogP) is 0.808. The van der Waals surface area contributed by atoms with Crippen LogP contribution in [-0.2, 0) is 4.79 Å². The Morgan fingerprint density at radius 3 is 2.57 bits per heavy atom. The maximum absolute atomic E-state index is 12.2. The third-order valence-electron chi connectivity index (χ3n) is 5.20. The minimum atomic E-state index is -0.274. The van der Waals surface area contributed by atoms with Gasteiger partial charge in [-0.15, -0.1) is 0 Å². The van der Waals surface area contributed by atoms with Gasteiger partial charge in [0.1, 0.15) is 5.82 Å². The van der Waals surface area contributed by atoms with Crippen molar-refractivity contribution in [1.29, 1.82) is 0 Å². The van der Waals surface area contributed by atoms with E-state index in [1.165, 1.54) is 0 Å². The van der Waals surface area contributed by atoms with Gasteiger partial charge in [-0.25, -0.2) is 4.98 Å². The second-order valence-corrected chi connectivity index (χ2v) is 7.28. The first-order valence-corrected chi connectivity index (χ1v) is 9.75. The molecule has 2 aliphatic heterocycles. The van der Waals surface area contributed by atoms with Gasteiger partial charge in [0.25, 0.3) is 0 Å². The minimum Gasteiger partial charge on any atom is -0.391 e. The van der Waals surface area contributed by atoms with Crippen molar-refractivity contribution in [2.45, 2.75) is 12.5 Å². The van der Waals surface area contributed by atoms with E-state index in [1.807, 2.05) is 36.4 Å². The monoisotopic (exact) mass is 382 g/mol. The number of aliphatic hydroxyl groups excluding tert-OH is 1. The Morgan fingerprint density at radius 1 is 1.07 bits per heavy atom. The number of piperazine rings is 1. The number of para-hydroxylation sites is 1. The van der Waals surface area contributed by atoms with Crippen molar-refractivity contribution in [3.63, 3.8) is 0 Å². The van der Waals surface area contributed by atoms with Gasteiger partial charge in [-0.2, -0.15) is 4.98 Å². The van der Waals surface area contributed by atoms with E-state index in [2.05, 4.69) is 30.0 Å². The summed E-state index contributed by atoms with van der Waals surface area (Å²) in [6, 6.07) is 11.4. The molecule has 2 saturated heterocycles. The van der Waals surface area contributed by atoms with Crippen molar-refractivity contribution in [3.8, 4) is 0 Å². The SMILES string of the molecule is O=C(CN1CCN(c2nccc(N3CCC(O)C3)n2)CC1)Nc1ccccc1. The Hall–Kier alpha value is -2.71. The fourth-order valence-corrected chi connectivity index (χ4v) is 3.65. The number of anilines is 3. The van der Waals surface area contributed by atoms with Gasteiger partial charge in [0.2, 0.25) is 11.9 Å². The highest BCUT2D eigenvalue weighted by Gasteiger charge is 2.24. The Kier molecular flexibility index (Phi) is 5.68. The van der Waals surface area contributed by atoms with Crippen LogP contribution in [0.5, 0.6) is 0 Å². The normalized spacial score (nSPS) is 20.4. The molecule has 0 aliphatic carbocycles. The van der Waals surface area contributed by atoms with E-state index in [0.29, 0.717) is 19.0 Å². The third-order valence-corrected chi connectivity index (χ3v) is 5.20. The van der Waals surface area contributed by atoms with Crippen molar-refractivity contribution in [2.24, 2.45) is 0 Å². The fourth-order valence-electron chi connectivity index (χ4n) is 3.65. The van der Waals surface area contributed by atoms with E-state index in [0.717, 1.165) is 50.6 Å². The third kappa shape index (κ3) is 4.58. The summed E-state index contributed by atoms with van der Waals surface area (Å²) in [5.41, 5.74) is 0.823. The topological polar surface area (TPSA) is 84.8 Å². The van der Waals surface area contributed by atoms with Crippen molar-refractivity contribution in [3.05, 3.63) is 42.6 Å². The number of hydrogen-bond acceptors (Lipinski definition) is 7. The molecule has 0 bridgehead atoms. The molecule has 8 heteroatoms. The molecular formula is C20H26N6O2. The first kappa shape index (κ1) is 18.6. The maximum atomic E-state index is 12.2. The Labute approximate surface area is 164 Å². The van der Waals surface area contributed by atoms with Crippen LogP contribution in [0.15, 0.2) is 42.6 Å². The number of carbonyl (C=O) groups excluding carboxylic acids is 1. The van der Waals surface area contributed by atoms with Crippen LogP contribution in [-0.4, -0.2) is 77.8 Å². The van der Waals surface area contributed by atoms with Crippen LogP contribution in [0.4, 0.5) is 17.5 Å². The summed E-state index contributed by atoms with van der Waals surface area (Å²) in [6.07, 6.45) is 2.29. The highest BCUT2D eigenvalue weighted by molar-refractivity contribution is 5.92. The number of carbonyl (C=O) groups is 1. The lowest BCUT2D eigenvalue weighted by molar-refractivity contribution is -0.117. The predicted molar refractivity (Wildman–Crippen MR) is 109 cm³/mol. The number of rotatable bonds is 5. The van der Waals surface area contributed by atoms with Gasteiger partial charge in [0, 0.05) is 51.2 Å². The average Bonchev–Trinajstić information content (AvgIpc) is 3.16. The van der Waals surface area contributed by atoms with Gasteiger partial charge in [-0.05, 0) is 24.6 Å². The number of amides is 1. The molecular weight excluding hydrogens is 356 g/mol. The highest BCUT2D eigenvalue weighted by Crippen LogP contribution is 2.20. The lowest BCUT2D eigenvalue weighted by Gasteiger charge is -2.34. The van der Waals surface area contributed by atoms with Crippen molar-refractivity contribution in [2.75, 3.05) is 60.9 Å². The molecule has 2 N–H and O–H groups in total. The molecule has 148 valence electrons. The van der Waals surface area contributed by atoms with Gasteiger partial charge in [-0.3, -0.25) is 9.69 Å². The Balaban J connectivity index is 1.29. The minimum absolute atomic E-state index is 0.00508. The summed E-state index contributed by atoms with van der Waals surface area (Å²) in [6.45, 7) is 4.98. The highest BCUT2D eigenvalue weighted by atomic mass is 16.3. The zero-order chi connectivity index (χ0) is 19.3. The van der Waals surface area contributed by atoms with Gasteiger partial charge in [0.05, 0.1) is 12.6 Å². The quantitative estimate of drug-likeness (QED) is 0.792. The molecule has 1 amide bonds. The number of nitrogens with zero attached hydrogens (tertiary/aromatic N) is 5. The zero-order valence-corrected chi connectivity index (χ0v) is 15.9. The summed E-state index contributed by atoms with van der Waals surface area (Å²) >= 11 is 0. The fraction of sp³-hybridized carbons (Fsp3) is 0.450. The van der Waals surface area contributed by atoms with Gasteiger partial charge >= 0.3 is 0 Å². The van der Waals surface area contributed by atoms with Crippen molar-refractivity contribution >= 4 is 23.4 Å². The molecule has 2 aromatic rings. The standard InChI is InChI=1S/C20H26N6O2/c27-17-7-9-26(14-17)18-6-8-21-20(23-18)25-12-10-24(11-13-25)15-19(28)22-16-4-2-1-3-5-16/h1-6,8,17,27H,7,9-15H2,(H,22,28). The lowest BCUT2D eigenvalue weighted by atomic mass is 10.3. The van der Waals surface area contributed by atoms with E-state index >= 15 is 0 Å².